The van der Waals surface area contributed by atoms with Crippen molar-refractivity contribution in [3.8, 4) is 11.5 Å². The Bertz CT molecular complexity index is 1100. The van der Waals surface area contributed by atoms with Gasteiger partial charge >= 0.3 is 0 Å². The molecule has 4 rings (SSSR count). The van der Waals surface area contributed by atoms with Gasteiger partial charge in [-0.05, 0) is 35.7 Å². The summed E-state index contributed by atoms with van der Waals surface area (Å²) >= 11 is 13.4. The van der Waals surface area contributed by atoms with Gasteiger partial charge in [0.1, 0.15) is 23.3 Å². The molecule has 0 spiro atoms. The van der Waals surface area contributed by atoms with Gasteiger partial charge in [0.05, 0.1) is 12.2 Å². The normalized spacial score (nSPS) is 13.4. The highest BCUT2D eigenvalue weighted by Crippen LogP contribution is 2.37. The first kappa shape index (κ1) is 19.3. The van der Waals surface area contributed by atoms with Gasteiger partial charge in [0.15, 0.2) is 16.7 Å². The lowest BCUT2D eigenvalue weighted by atomic mass is 10.2. The summed E-state index contributed by atoms with van der Waals surface area (Å²) in [5.74, 6) is 1.07. The second-order valence-corrected chi connectivity index (χ2v) is 9.45. The largest absolute Gasteiger partial charge is 0.486 e. The first-order valence-corrected chi connectivity index (χ1v) is 11.3. The van der Waals surface area contributed by atoms with E-state index in [9.17, 15) is 8.42 Å². The van der Waals surface area contributed by atoms with Crippen LogP contribution >= 0.6 is 34.5 Å². The van der Waals surface area contributed by atoms with Crippen LogP contribution in [0.2, 0.25) is 10.3 Å². The van der Waals surface area contributed by atoms with E-state index in [1.165, 1.54) is 27.8 Å². The fourth-order valence-electron chi connectivity index (χ4n) is 2.76. The van der Waals surface area contributed by atoms with E-state index in [-0.39, 0.29) is 21.7 Å². The van der Waals surface area contributed by atoms with Gasteiger partial charge in [0.25, 0.3) is 10.0 Å². The second kappa shape index (κ2) is 7.79. The van der Waals surface area contributed by atoms with E-state index < -0.39 is 10.0 Å². The molecule has 0 radical (unpaired) electrons. The number of halogens is 2. The van der Waals surface area contributed by atoms with Crippen molar-refractivity contribution in [1.82, 2.24) is 4.98 Å². The van der Waals surface area contributed by atoms with Crippen LogP contribution < -0.4 is 13.8 Å². The molecule has 1 aliphatic rings. The maximum atomic E-state index is 13.5. The molecular formula is C18H14Cl2N2O4S2. The fraction of sp³-hybridized carbons (Fsp3) is 0.167. The third kappa shape index (κ3) is 3.77. The number of ether oxygens (including phenoxy) is 2. The summed E-state index contributed by atoms with van der Waals surface area (Å²) < 4.78 is 39.3. The van der Waals surface area contributed by atoms with E-state index in [0.29, 0.717) is 30.4 Å². The molecule has 3 aromatic rings. The van der Waals surface area contributed by atoms with Crippen molar-refractivity contribution in [2.24, 2.45) is 0 Å². The monoisotopic (exact) mass is 456 g/mol. The summed E-state index contributed by atoms with van der Waals surface area (Å²) in [6.45, 7) is 0.995. The molecule has 1 aliphatic heterocycles. The number of fused-ring (bicyclic) bond motifs is 1. The Morgan fingerprint density at radius 3 is 2.57 bits per heavy atom. The van der Waals surface area contributed by atoms with E-state index in [1.54, 1.807) is 18.2 Å². The molecular weight excluding hydrogens is 443 g/mol. The van der Waals surface area contributed by atoms with Gasteiger partial charge in [0.2, 0.25) is 0 Å². The summed E-state index contributed by atoms with van der Waals surface area (Å²) in [5.41, 5.74) is 0.434. The van der Waals surface area contributed by atoms with Crippen LogP contribution in [0.4, 0.5) is 5.69 Å². The van der Waals surface area contributed by atoms with Crippen LogP contribution in [0.15, 0.2) is 52.7 Å². The highest BCUT2D eigenvalue weighted by molar-refractivity contribution is 7.93. The summed E-state index contributed by atoms with van der Waals surface area (Å²) in [4.78, 5) is 4.62. The molecule has 2 aromatic heterocycles. The highest BCUT2D eigenvalue weighted by atomic mass is 35.5. The van der Waals surface area contributed by atoms with Gasteiger partial charge in [-0.3, -0.25) is 4.31 Å². The van der Waals surface area contributed by atoms with Crippen molar-refractivity contribution >= 4 is 50.2 Å². The van der Waals surface area contributed by atoms with E-state index in [0.717, 1.165) is 4.88 Å². The quantitative estimate of drug-likeness (QED) is 0.524. The molecule has 0 saturated carbocycles. The number of rotatable bonds is 5. The molecule has 3 heterocycles. The number of thiophene rings is 1. The van der Waals surface area contributed by atoms with Crippen LogP contribution in [0.5, 0.6) is 11.5 Å². The van der Waals surface area contributed by atoms with Crippen molar-refractivity contribution in [1.29, 1.82) is 0 Å². The lowest BCUT2D eigenvalue weighted by Crippen LogP contribution is -2.31. The lowest BCUT2D eigenvalue weighted by Gasteiger charge is -2.26. The predicted octanol–water partition coefficient (Wildman–Crippen LogP) is 4.62. The Kier molecular flexibility index (Phi) is 5.37. The van der Waals surface area contributed by atoms with Crippen molar-refractivity contribution in [2.45, 2.75) is 11.4 Å². The SMILES string of the molecule is O=S(=O)(c1ccc(Cl)nc1Cl)N(Cc1cccs1)c1ccc2c(c1)OCCO2. The van der Waals surface area contributed by atoms with Gasteiger partial charge < -0.3 is 9.47 Å². The molecule has 28 heavy (non-hydrogen) atoms. The average Bonchev–Trinajstić information content (AvgIpc) is 3.18. The number of aromatic nitrogens is 1. The Morgan fingerprint density at radius 2 is 1.86 bits per heavy atom. The Balaban J connectivity index is 1.81. The predicted molar refractivity (Wildman–Crippen MR) is 109 cm³/mol. The number of hydrogen-bond donors (Lipinski definition) is 0. The molecule has 0 amide bonds. The standard InChI is InChI=1S/C18H14Cl2N2O4S2/c19-17-6-5-16(18(20)21-17)28(23,24)22(11-13-2-1-9-27-13)12-3-4-14-15(10-12)26-8-7-25-14/h1-6,9-10H,7-8,11H2. The number of sulfonamides is 1. The Morgan fingerprint density at radius 1 is 1.07 bits per heavy atom. The first-order valence-electron chi connectivity index (χ1n) is 8.22. The van der Waals surface area contributed by atoms with Crippen molar-refractivity contribution < 1.29 is 17.9 Å². The summed E-state index contributed by atoms with van der Waals surface area (Å²) in [5, 5.41) is 1.83. The minimum absolute atomic E-state index is 0.119. The number of benzene rings is 1. The van der Waals surface area contributed by atoms with Gasteiger partial charge in [-0.15, -0.1) is 11.3 Å². The topological polar surface area (TPSA) is 68.7 Å². The molecule has 0 fully saturated rings. The Labute approximate surface area is 176 Å². The number of hydrogen-bond acceptors (Lipinski definition) is 6. The molecule has 0 aliphatic carbocycles. The fourth-order valence-corrected chi connectivity index (χ4v) is 5.60. The summed E-state index contributed by atoms with van der Waals surface area (Å²) in [7, 11) is -4.01. The third-order valence-electron chi connectivity index (χ3n) is 4.04. The summed E-state index contributed by atoms with van der Waals surface area (Å²) in [6, 6.07) is 11.5. The van der Waals surface area contributed by atoms with E-state index in [1.807, 2.05) is 17.5 Å². The number of anilines is 1. The van der Waals surface area contributed by atoms with Crippen molar-refractivity contribution in [3.63, 3.8) is 0 Å². The number of nitrogens with zero attached hydrogens (tertiary/aromatic N) is 2. The van der Waals surface area contributed by atoms with E-state index >= 15 is 0 Å². The Hall–Kier alpha value is -2.00. The first-order chi connectivity index (χ1) is 13.4. The molecule has 0 saturated heterocycles. The maximum absolute atomic E-state index is 13.5. The van der Waals surface area contributed by atoms with Gasteiger partial charge in [0, 0.05) is 10.9 Å². The second-order valence-electron chi connectivity index (χ2n) is 5.84. The van der Waals surface area contributed by atoms with Crippen LogP contribution in [0.1, 0.15) is 4.88 Å². The van der Waals surface area contributed by atoms with Crippen LogP contribution in [-0.4, -0.2) is 26.6 Å². The van der Waals surface area contributed by atoms with Crippen LogP contribution in [-0.2, 0) is 16.6 Å². The molecule has 6 nitrogen and oxygen atoms in total. The maximum Gasteiger partial charge on any atom is 0.267 e. The minimum Gasteiger partial charge on any atom is -0.486 e. The van der Waals surface area contributed by atoms with Gasteiger partial charge in [-0.1, -0.05) is 29.3 Å². The number of pyridine rings is 1. The van der Waals surface area contributed by atoms with Crippen LogP contribution in [0, 0.1) is 0 Å². The average molecular weight is 457 g/mol. The van der Waals surface area contributed by atoms with E-state index in [2.05, 4.69) is 4.98 Å². The van der Waals surface area contributed by atoms with E-state index in [4.69, 9.17) is 32.7 Å². The van der Waals surface area contributed by atoms with Crippen LogP contribution in [0.25, 0.3) is 0 Å². The minimum atomic E-state index is -4.01. The molecule has 0 atom stereocenters. The molecule has 1 aromatic carbocycles. The zero-order chi connectivity index (χ0) is 19.7. The smallest absolute Gasteiger partial charge is 0.267 e. The zero-order valence-electron chi connectivity index (χ0n) is 14.3. The highest BCUT2D eigenvalue weighted by Gasteiger charge is 2.29. The molecule has 0 unspecified atom stereocenters. The third-order valence-corrected chi connectivity index (χ3v) is 7.32. The molecule has 0 N–H and O–H groups in total. The van der Waals surface area contributed by atoms with Gasteiger partial charge in [-0.2, -0.15) is 0 Å². The summed E-state index contributed by atoms with van der Waals surface area (Å²) in [6.07, 6.45) is 0. The lowest BCUT2D eigenvalue weighted by molar-refractivity contribution is 0.171. The van der Waals surface area contributed by atoms with Gasteiger partial charge in [-0.25, -0.2) is 13.4 Å². The molecule has 10 heteroatoms. The molecule has 146 valence electrons. The molecule has 0 bridgehead atoms. The van der Waals surface area contributed by atoms with Crippen molar-refractivity contribution in [2.75, 3.05) is 17.5 Å². The van der Waals surface area contributed by atoms with Crippen LogP contribution in [0.3, 0.4) is 0 Å². The zero-order valence-corrected chi connectivity index (χ0v) is 17.5. The van der Waals surface area contributed by atoms with Crippen molar-refractivity contribution in [3.05, 3.63) is 63.0 Å².